The van der Waals surface area contributed by atoms with Crippen LogP contribution < -0.4 is 17.0 Å². The zero-order valence-electron chi connectivity index (χ0n) is 12.2. The van der Waals surface area contributed by atoms with Gasteiger partial charge in [0.15, 0.2) is 0 Å². The van der Waals surface area contributed by atoms with Gasteiger partial charge in [-0.15, -0.1) is 0 Å². The molecule has 0 spiro atoms. The van der Waals surface area contributed by atoms with Crippen LogP contribution in [0.15, 0.2) is 15.6 Å². The van der Waals surface area contributed by atoms with Gasteiger partial charge in [0, 0.05) is 5.38 Å². The zero-order chi connectivity index (χ0) is 16.1. The summed E-state index contributed by atoms with van der Waals surface area (Å²) < 4.78 is 4.74. The van der Waals surface area contributed by atoms with E-state index in [2.05, 4.69) is 9.97 Å². The Morgan fingerprint density at radius 2 is 2.05 bits per heavy atom. The molecule has 2 rings (SSSR count). The first-order chi connectivity index (χ1) is 10.5. The van der Waals surface area contributed by atoms with Gasteiger partial charge in [0.2, 0.25) is 5.95 Å². The average Bonchev–Trinajstić information content (AvgIpc) is 2.93. The Morgan fingerprint density at radius 3 is 2.73 bits per heavy atom. The lowest BCUT2D eigenvalue weighted by molar-refractivity contribution is 0.0600. The third kappa shape index (κ3) is 3.64. The Labute approximate surface area is 131 Å². The summed E-state index contributed by atoms with van der Waals surface area (Å²) in [6.07, 6.45) is 2.85. The third-order valence-electron chi connectivity index (χ3n) is 3.34. The number of anilines is 2. The quantitative estimate of drug-likeness (QED) is 0.544. The van der Waals surface area contributed by atoms with Crippen molar-refractivity contribution in [2.24, 2.45) is 0 Å². The number of nitrogens with two attached hydrogens (primary N) is 2. The molecule has 0 amide bonds. The summed E-state index contributed by atoms with van der Waals surface area (Å²) in [6.45, 7) is 0. The SMILES string of the molecule is COC(=O)c1cscc1CCCCc1c(N)nc(N)[nH]c1=O. The van der Waals surface area contributed by atoms with Crippen molar-refractivity contribution in [3.8, 4) is 0 Å². The van der Waals surface area contributed by atoms with Crippen molar-refractivity contribution >= 4 is 29.1 Å². The van der Waals surface area contributed by atoms with Gasteiger partial charge in [-0.25, -0.2) is 4.79 Å². The standard InChI is InChI=1S/C14H18N4O3S/c1-21-13(20)10-7-22-6-8(10)4-2-3-5-9-11(15)17-14(16)18-12(9)19/h6-7H,2-5H2,1H3,(H5,15,16,17,18,19). The summed E-state index contributed by atoms with van der Waals surface area (Å²) >= 11 is 1.47. The summed E-state index contributed by atoms with van der Waals surface area (Å²) in [5.74, 6) is -0.126. The molecule has 0 atom stereocenters. The van der Waals surface area contributed by atoms with E-state index in [9.17, 15) is 9.59 Å². The lowest BCUT2D eigenvalue weighted by Gasteiger charge is -2.05. The largest absolute Gasteiger partial charge is 0.465 e. The number of ether oxygens (including phenoxy) is 1. The van der Waals surface area contributed by atoms with E-state index < -0.39 is 0 Å². The summed E-state index contributed by atoms with van der Waals surface area (Å²) in [7, 11) is 1.37. The van der Waals surface area contributed by atoms with Crippen LogP contribution in [-0.4, -0.2) is 23.0 Å². The Bertz CT molecular complexity index is 723. The van der Waals surface area contributed by atoms with Gasteiger partial charge in [-0.3, -0.25) is 9.78 Å². The summed E-state index contributed by atoms with van der Waals surface area (Å²) in [4.78, 5) is 29.6. The fraction of sp³-hybridized carbons (Fsp3) is 0.357. The third-order valence-corrected chi connectivity index (χ3v) is 4.13. The first kappa shape index (κ1) is 16.0. The number of thiophene rings is 1. The van der Waals surface area contributed by atoms with Gasteiger partial charge in [0.1, 0.15) is 5.82 Å². The first-order valence-electron chi connectivity index (χ1n) is 6.80. The molecule has 0 unspecified atom stereocenters. The molecule has 0 aliphatic heterocycles. The van der Waals surface area contributed by atoms with Gasteiger partial charge in [-0.05, 0) is 36.6 Å². The van der Waals surface area contributed by atoms with E-state index in [1.54, 1.807) is 5.38 Å². The number of carbonyl (C=O) groups is 1. The number of esters is 1. The Kier molecular flexibility index (Phi) is 5.16. The lowest BCUT2D eigenvalue weighted by atomic mass is 10.0. The van der Waals surface area contributed by atoms with Gasteiger partial charge in [-0.1, -0.05) is 0 Å². The number of H-pyrrole nitrogens is 1. The molecular formula is C14H18N4O3S. The van der Waals surface area contributed by atoms with Crippen LogP contribution >= 0.6 is 11.3 Å². The number of nitrogen functional groups attached to an aromatic ring is 2. The smallest absolute Gasteiger partial charge is 0.338 e. The monoisotopic (exact) mass is 322 g/mol. The Morgan fingerprint density at radius 1 is 1.32 bits per heavy atom. The molecule has 8 heteroatoms. The van der Waals surface area contributed by atoms with Crippen LogP contribution in [0.5, 0.6) is 0 Å². The molecule has 0 aliphatic rings. The maximum Gasteiger partial charge on any atom is 0.338 e. The van der Waals surface area contributed by atoms with Crippen molar-refractivity contribution in [1.29, 1.82) is 0 Å². The van der Waals surface area contributed by atoms with Crippen LogP contribution in [0.3, 0.4) is 0 Å². The highest BCUT2D eigenvalue weighted by Crippen LogP contribution is 2.19. The normalized spacial score (nSPS) is 10.6. The molecule has 2 heterocycles. The highest BCUT2D eigenvalue weighted by Gasteiger charge is 2.13. The van der Waals surface area contributed by atoms with E-state index in [0.717, 1.165) is 24.8 Å². The van der Waals surface area contributed by atoms with Gasteiger partial charge >= 0.3 is 5.97 Å². The molecule has 22 heavy (non-hydrogen) atoms. The van der Waals surface area contributed by atoms with Crippen LogP contribution in [-0.2, 0) is 17.6 Å². The molecule has 118 valence electrons. The maximum atomic E-state index is 11.8. The maximum absolute atomic E-state index is 11.8. The molecule has 0 bridgehead atoms. The highest BCUT2D eigenvalue weighted by molar-refractivity contribution is 7.08. The highest BCUT2D eigenvalue weighted by atomic mass is 32.1. The predicted molar refractivity (Wildman–Crippen MR) is 86.0 cm³/mol. The molecule has 7 nitrogen and oxygen atoms in total. The topological polar surface area (TPSA) is 124 Å². The van der Waals surface area contributed by atoms with E-state index in [-0.39, 0.29) is 23.3 Å². The minimum absolute atomic E-state index is 0.0206. The predicted octanol–water partition coefficient (Wildman–Crippen LogP) is 1.35. The van der Waals surface area contributed by atoms with Crippen molar-refractivity contribution in [1.82, 2.24) is 9.97 Å². The minimum atomic E-state index is -0.320. The van der Waals surface area contributed by atoms with E-state index in [0.29, 0.717) is 17.5 Å². The molecule has 0 saturated heterocycles. The fourth-order valence-corrected chi connectivity index (χ4v) is 3.06. The van der Waals surface area contributed by atoms with Crippen LogP contribution in [0.25, 0.3) is 0 Å². The van der Waals surface area contributed by atoms with E-state index in [1.807, 2.05) is 5.38 Å². The number of carbonyl (C=O) groups excluding carboxylic acids is 1. The molecule has 2 aromatic rings. The molecular weight excluding hydrogens is 304 g/mol. The molecule has 0 aromatic carbocycles. The van der Waals surface area contributed by atoms with Crippen molar-refractivity contribution in [3.63, 3.8) is 0 Å². The molecule has 0 saturated carbocycles. The number of hydrogen-bond acceptors (Lipinski definition) is 7. The van der Waals surface area contributed by atoms with Crippen LogP contribution in [0.4, 0.5) is 11.8 Å². The van der Waals surface area contributed by atoms with E-state index in [1.165, 1.54) is 18.4 Å². The number of unbranched alkanes of at least 4 members (excludes halogenated alkanes) is 1. The minimum Gasteiger partial charge on any atom is -0.465 e. The second-order valence-corrected chi connectivity index (χ2v) is 5.57. The number of rotatable bonds is 6. The molecule has 2 aromatic heterocycles. The number of aryl methyl sites for hydroxylation is 1. The summed E-state index contributed by atoms with van der Waals surface area (Å²) in [5.41, 5.74) is 12.9. The van der Waals surface area contributed by atoms with Crippen molar-refractivity contribution in [2.45, 2.75) is 25.7 Å². The molecule has 0 radical (unpaired) electrons. The van der Waals surface area contributed by atoms with E-state index in [4.69, 9.17) is 16.2 Å². The number of nitrogens with zero attached hydrogens (tertiary/aromatic N) is 1. The summed E-state index contributed by atoms with van der Waals surface area (Å²) in [5, 5.41) is 3.73. The van der Waals surface area contributed by atoms with Gasteiger partial charge in [0.05, 0.1) is 18.2 Å². The van der Waals surface area contributed by atoms with Crippen LogP contribution in [0, 0.1) is 0 Å². The number of nitrogens with one attached hydrogen (secondary N) is 1. The summed E-state index contributed by atoms with van der Waals surface area (Å²) in [6, 6.07) is 0. The lowest BCUT2D eigenvalue weighted by Crippen LogP contribution is -2.19. The van der Waals surface area contributed by atoms with Gasteiger partial charge < -0.3 is 16.2 Å². The van der Waals surface area contributed by atoms with E-state index >= 15 is 0 Å². The zero-order valence-corrected chi connectivity index (χ0v) is 13.0. The number of methoxy groups -OCH3 is 1. The van der Waals surface area contributed by atoms with Crippen LogP contribution in [0.2, 0.25) is 0 Å². The van der Waals surface area contributed by atoms with Gasteiger partial charge in [0.25, 0.3) is 5.56 Å². The first-order valence-corrected chi connectivity index (χ1v) is 7.74. The molecule has 0 fully saturated rings. The molecule has 0 aliphatic carbocycles. The molecule has 5 N–H and O–H groups in total. The van der Waals surface area contributed by atoms with Crippen molar-refractivity contribution < 1.29 is 9.53 Å². The Balaban J connectivity index is 1.92. The second kappa shape index (κ2) is 7.08. The van der Waals surface area contributed by atoms with Crippen molar-refractivity contribution in [3.05, 3.63) is 37.8 Å². The Hall–Kier alpha value is -2.35. The second-order valence-electron chi connectivity index (χ2n) is 4.82. The van der Waals surface area contributed by atoms with Crippen molar-refractivity contribution in [2.75, 3.05) is 18.6 Å². The number of aromatic amines is 1. The van der Waals surface area contributed by atoms with Crippen LogP contribution in [0.1, 0.15) is 34.3 Å². The fourth-order valence-electron chi connectivity index (χ4n) is 2.20. The van der Waals surface area contributed by atoms with Gasteiger partial charge in [-0.2, -0.15) is 16.3 Å². The number of hydrogen-bond donors (Lipinski definition) is 3. The average molecular weight is 322 g/mol. The number of aromatic nitrogens is 2.